The van der Waals surface area contributed by atoms with Crippen LogP contribution >= 0.6 is 0 Å². The number of amides is 2. The minimum Gasteiger partial charge on any atom is -0.425 e. The lowest BCUT2D eigenvalue weighted by atomic mass is 9.81. The van der Waals surface area contributed by atoms with Crippen molar-refractivity contribution >= 4 is 22.7 Å². The summed E-state index contributed by atoms with van der Waals surface area (Å²) in [5, 5.41) is 14.9. The molecule has 0 aliphatic heterocycles. The topological polar surface area (TPSA) is 102 Å². The standard InChI is InChI=1S/C29H32FN5O3/c1-18(2)28-33-34-29(38-28)20-13-11-19(12-14-20)26(36)31-15-16-32-27(37)22-17-35(24-9-5-3-7-21(22)24)25-10-6-4-8-23(25)30/h3-10,17-20H,11-16H2,1-2H3,(H,31,36)(H,32,37). The van der Waals surface area contributed by atoms with Gasteiger partial charge in [0.25, 0.3) is 5.91 Å². The van der Waals surface area contributed by atoms with Crippen molar-refractivity contribution in [3.63, 3.8) is 0 Å². The Morgan fingerprint density at radius 3 is 2.45 bits per heavy atom. The molecule has 0 atom stereocenters. The second-order valence-corrected chi connectivity index (χ2v) is 10.1. The van der Waals surface area contributed by atoms with E-state index in [-0.39, 0.29) is 35.4 Å². The first kappa shape index (κ1) is 25.6. The Kier molecular flexibility index (Phi) is 7.53. The number of rotatable bonds is 8. The van der Waals surface area contributed by atoms with E-state index in [2.05, 4.69) is 20.8 Å². The minimum absolute atomic E-state index is 0.00209. The Bertz CT molecular complexity index is 1440. The summed E-state index contributed by atoms with van der Waals surface area (Å²) in [6, 6.07) is 13.9. The van der Waals surface area contributed by atoms with E-state index in [1.807, 2.05) is 38.1 Å². The maximum atomic E-state index is 14.5. The van der Waals surface area contributed by atoms with Crippen molar-refractivity contribution in [2.45, 2.75) is 51.4 Å². The first-order valence-electron chi connectivity index (χ1n) is 13.2. The van der Waals surface area contributed by atoms with Crippen molar-refractivity contribution in [3.8, 4) is 5.69 Å². The van der Waals surface area contributed by atoms with E-state index in [0.29, 0.717) is 36.1 Å². The number of carbonyl (C=O) groups is 2. The smallest absolute Gasteiger partial charge is 0.253 e. The van der Waals surface area contributed by atoms with Gasteiger partial charge >= 0.3 is 0 Å². The van der Waals surface area contributed by atoms with Crippen LogP contribution in [0.2, 0.25) is 0 Å². The van der Waals surface area contributed by atoms with E-state index in [4.69, 9.17) is 4.42 Å². The van der Waals surface area contributed by atoms with Gasteiger partial charge in [0.1, 0.15) is 5.82 Å². The Morgan fingerprint density at radius 1 is 1.00 bits per heavy atom. The SMILES string of the molecule is CC(C)c1nnc(C2CCC(C(=O)NCCNC(=O)c3cn(-c4ccccc4F)c4ccccc34)CC2)o1. The molecular formula is C29H32FN5O3. The molecule has 2 amide bonds. The van der Waals surface area contributed by atoms with Gasteiger partial charge in [-0.2, -0.15) is 0 Å². The maximum Gasteiger partial charge on any atom is 0.253 e. The summed E-state index contributed by atoms with van der Waals surface area (Å²) in [7, 11) is 0. The van der Waals surface area contributed by atoms with E-state index in [1.165, 1.54) is 6.07 Å². The van der Waals surface area contributed by atoms with Gasteiger partial charge < -0.3 is 19.6 Å². The number of nitrogens with one attached hydrogen (secondary N) is 2. The molecule has 1 aliphatic carbocycles. The van der Waals surface area contributed by atoms with Gasteiger partial charge in [-0.05, 0) is 43.9 Å². The number of benzene rings is 2. The summed E-state index contributed by atoms with van der Waals surface area (Å²) in [5.74, 6) is 1.02. The molecule has 0 saturated heterocycles. The molecule has 38 heavy (non-hydrogen) atoms. The minimum atomic E-state index is -0.366. The highest BCUT2D eigenvalue weighted by molar-refractivity contribution is 6.07. The molecule has 2 heterocycles. The van der Waals surface area contributed by atoms with Crippen molar-refractivity contribution in [2.75, 3.05) is 13.1 Å². The Balaban J connectivity index is 1.13. The lowest BCUT2D eigenvalue weighted by molar-refractivity contribution is -0.126. The Morgan fingerprint density at radius 2 is 1.71 bits per heavy atom. The monoisotopic (exact) mass is 517 g/mol. The highest BCUT2D eigenvalue weighted by Crippen LogP contribution is 2.35. The van der Waals surface area contributed by atoms with E-state index in [9.17, 15) is 14.0 Å². The van der Waals surface area contributed by atoms with Crippen LogP contribution in [-0.4, -0.2) is 39.7 Å². The molecule has 1 saturated carbocycles. The first-order valence-corrected chi connectivity index (χ1v) is 13.2. The van der Waals surface area contributed by atoms with Crippen LogP contribution in [0.4, 0.5) is 4.39 Å². The maximum absolute atomic E-state index is 14.5. The van der Waals surface area contributed by atoms with Crippen molar-refractivity contribution in [2.24, 2.45) is 5.92 Å². The van der Waals surface area contributed by atoms with Crippen molar-refractivity contribution in [3.05, 3.63) is 77.9 Å². The number of hydrogen-bond donors (Lipinski definition) is 2. The predicted molar refractivity (Wildman–Crippen MR) is 142 cm³/mol. The molecule has 1 fully saturated rings. The zero-order valence-corrected chi connectivity index (χ0v) is 21.6. The Hall–Kier alpha value is -4.01. The second kappa shape index (κ2) is 11.2. The van der Waals surface area contributed by atoms with Gasteiger partial charge in [0, 0.05) is 42.4 Å². The van der Waals surface area contributed by atoms with Crippen LogP contribution in [0.15, 0.2) is 59.1 Å². The molecule has 0 radical (unpaired) electrons. The van der Waals surface area contributed by atoms with Gasteiger partial charge in [-0.25, -0.2) is 4.39 Å². The van der Waals surface area contributed by atoms with Crippen molar-refractivity contribution < 1.29 is 18.4 Å². The van der Waals surface area contributed by atoms with Crippen LogP contribution in [0.1, 0.15) is 73.5 Å². The molecule has 9 heteroatoms. The average Bonchev–Trinajstić information content (AvgIpc) is 3.58. The van der Waals surface area contributed by atoms with Crippen LogP contribution in [0.25, 0.3) is 16.6 Å². The van der Waals surface area contributed by atoms with Crippen LogP contribution < -0.4 is 10.6 Å². The first-order chi connectivity index (χ1) is 18.4. The normalized spacial score (nSPS) is 17.6. The summed E-state index contributed by atoms with van der Waals surface area (Å²) in [4.78, 5) is 25.7. The molecule has 0 bridgehead atoms. The molecule has 2 aromatic heterocycles. The third kappa shape index (κ3) is 5.32. The molecule has 0 spiro atoms. The highest BCUT2D eigenvalue weighted by Gasteiger charge is 2.30. The van der Waals surface area contributed by atoms with Gasteiger partial charge in [0.2, 0.25) is 17.7 Å². The van der Waals surface area contributed by atoms with Gasteiger partial charge in [-0.3, -0.25) is 9.59 Å². The van der Waals surface area contributed by atoms with Crippen molar-refractivity contribution in [1.29, 1.82) is 0 Å². The molecule has 198 valence electrons. The van der Waals surface area contributed by atoms with Crippen LogP contribution in [0.3, 0.4) is 0 Å². The van der Waals surface area contributed by atoms with E-state index < -0.39 is 0 Å². The van der Waals surface area contributed by atoms with E-state index in [0.717, 1.165) is 36.6 Å². The van der Waals surface area contributed by atoms with Crippen LogP contribution in [0.5, 0.6) is 0 Å². The number of fused-ring (bicyclic) bond motifs is 1. The molecule has 2 N–H and O–H groups in total. The molecule has 4 aromatic rings. The van der Waals surface area contributed by atoms with Gasteiger partial charge in [0.05, 0.1) is 16.8 Å². The molecular weight excluding hydrogens is 485 g/mol. The zero-order chi connectivity index (χ0) is 26.6. The van der Waals surface area contributed by atoms with E-state index in [1.54, 1.807) is 29.0 Å². The lowest BCUT2D eigenvalue weighted by Gasteiger charge is -2.25. The fourth-order valence-electron chi connectivity index (χ4n) is 5.06. The van der Waals surface area contributed by atoms with Gasteiger partial charge in [-0.15, -0.1) is 10.2 Å². The summed E-state index contributed by atoms with van der Waals surface area (Å²) in [5.41, 5.74) is 1.58. The predicted octanol–water partition coefficient (Wildman–Crippen LogP) is 5.10. The number of hydrogen-bond acceptors (Lipinski definition) is 5. The molecule has 2 aromatic carbocycles. The van der Waals surface area contributed by atoms with Gasteiger partial charge in [-0.1, -0.05) is 44.2 Å². The Labute approximate surface area is 220 Å². The fraction of sp³-hybridized carbons (Fsp3) is 0.379. The summed E-state index contributed by atoms with van der Waals surface area (Å²) in [6.45, 7) is 4.66. The molecule has 1 aliphatic rings. The molecule has 0 unspecified atom stereocenters. The van der Waals surface area contributed by atoms with Crippen molar-refractivity contribution in [1.82, 2.24) is 25.4 Å². The van der Waals surface area contributed by atoms with Crippen LogP contribution in [-0.2, 0) is 4.79 Å². The van der Waals surface area contributed by atoms with Gasteiger partial charge in [0.15, 0.2) is 0 Å². The second-order valence-electron chi connectivity index (χ2n) is 10.1. The third-order valence-corrected chi connectivity index (χ3v) is 7.18. The summed E-state index contributed by atoms with van der Waals surface area (Å²) >= 11 is 0. The molecule has 8 nitrogen and oxygen atoms in total. The summed E-state index contributed by atoms with van der Waals surface area (Å²) < 4.78 is 21.9. The zero-order valence-electron chi connectivity index (χ0n) is 21.6. The number of para-hydroxylation sites is 2. The number of aromatic nitrogens is 3. The summed E-state index contributed by atoms with van der Waals surface area (Å²) in [6.07, 6.45) is 4.85. The number of halogens is 1. The van der Waals surface area contributed by atoms with Crippen LogP contribution in [0, 0.1) is 11.7 Å². The lowest BCUT2D eigenvalue weighted by Crippen LogP contribution is -2.38. The fourth-order valence-corrected chi connectivity index (χ4v) is 5.06. The molecule has 5 rings (SSSR count). The quantitative estimate of drug-likeness (QED) is 0.317. The number of carbonyl (C=O) groups excluding carboxylic acids is 2. The number of nitrogens with zero attached hydrogens (tertiary/aromatic N) is 3. The largest absolute Gasteiger partial charge is 0.425 e. The average molecular weight is 518 g/mol. The van der Waals surface area contributed by atoms with E-state index >= 15 is 0 Å². The highest BCUT2D eigenvalue weighted by atomic mass is 19.1. The third-order valence-electron chi connectivity index (χ3n) is 7.18.